The van der Waals surface area contributed by atoms with E-state index in [4.69, 9.17) is 4.74 Å². The molecule has 146 valence electrons. The molecule has 3 N–H and O–H groups in total. The minimum atomic E-state index is -0.376. The van der Waals surface area contributed by atoms with Gasteiger partial charge in [-0.15, -0.1) is 0 Å². The first kappa shape index (κ1) is 20.7. The Bertz CT molecular complexity index is 710. The van der Waals surface area contributed by atoms with Gasteiger partial charge >= 0.3 is 0 Å². The van der Waals surface area contributed by atoms with Gasteiger partial charge < -0.3 is 20.5 Å². The molecule has 2 rings (SSSR count). The van der Waals surface area contributed by atoms with Gasteiger partial charge in [0.25, 0.3) is 0 Å². The zero-order valence-electron chi connectivity index (χ0n) is 15.9. The van der Waals surface area contributed by atoms with Crippen molar-refractivity contribution in [1.29, 1.82) is 0 Å². The molecule has 27 heavy (non-hydrogen) atoms. The maximum Gasteiger partial charge on any atom is 0.191 e. The van der Waals surface area contributed by atoms with E-state index in [1.54, 1.807) is 18.2 Å². The summed E-state index contributed by atoms with van der Waals surface area (Å²) in [6.45, 7) is 5.51. The van der Waals surface area contributed by atoms with Crippen LogP contribution in [0.2, 0.25) is 0 Å². The van der Waals surface area contributed by atoms with Crippen molar-refractivity contribution < 1.29 is 14.2 Å². The van der Waals surface area contributed by atoms with E-state index in [9.17, 15) is 9.50 Å². The molecule has 0 bridgehead atoms. The number of nitrogens with one attached hydrogen (secondary N) is 2. The van der Waals surface area contributed by atoms with E-state index >= 15 is 0 Å². The summed E-state index contributed by atoms with van der Waals surface area (Å²) >= 11 is 0. The fourth-order valence-corrected chi connectivity index (χ4v) is 2.58. The summed E-state index contributed by atoms with van der Waals surface area (Å²) in [7, 11) is 0. The van der Waals surface area contributed by atoms with Gasteiger partial charge in [0, 0.05) is 12.5 Å². The molecule has 6 heteroatoms. The molecular weight excluding hydrogens is 345 g/mol. The molecule has 2 aromatic carbocycles. The van der Waals surface area contributed by atoms with Crippen molar-refractivity contribution in [3.8, 4) is 5.75 Å². The maximum absolute atomic E-state index is 13.7. The van der Waals surface area contributed by atoms with Gasteiger partial charge in [0.05, 0.1) is 19.7 Å². The molecule has 0 saturated carbocycles. The van der Waals surface area contributed by atoms with Crippen molar-refractivity contribution in [2.75, 3.05) is 26.2 Å². The Morgan fingerprint density at radius 1 is 1.11 bits per heavy atom. The summed E-state index contributed by atoms with van der Waals surface area (Å²) in [6, 6.07) is 16.2. The lowest BCUT2D eigenvalue weighted by atomic mass is 10.0. The van der Waals surface area contributed by atoms with Gasteiger partial charge in [-0.2, -0.15) is 0 Å². The predicted octanol–water partition coefficient (Wildman–Crippen LogP) is 2.92. The Morgan fingerprint density at radius 2 is 1.81 bits per heavy atom. The van der Waals surface area contributed by atoms with Crippen LogP contribution in [-0.4, -0.2) is 43.4 Å². The lowest BCUT2D eigenvalue weighted by molar-refractivity contribution is 0.214. The largest absolute Gasteiger partial charge is 0.486 e. The quantitative estimate of drug-likeness (QED) is 0.467. The Morgan fingerprint density at radius 3 is 2.48 bits per heavy atom. The van der Waals surface area contributed by atoms with Gasteiger partial charge in [0.15, 0.2) is 17.5 Å². The van der Waals surface area contributed by atoms with Crippen molar-refractivity contribution in [1.82, 2.24) is 10.6 Å². The van der Waals surface area contributed by atoms with Crippen LogP contribution in [-0.2, 0) is 0 Å². The van der Waals surface area contributed by atoms with Crippen LogP contribution in [0.3, 0.4) is 0 Å². The second-order valence-electron chi connectivity index (χ2n) is 6.25. The minimum Gasteiger partial charge on any atom is -0.486 e. The number of aliphatic hydroxyl groups excluding tert-OH is 1. The molecule has 5 nitrogen and oxygen atoms in total. The fraction of sp³-hybridized carbons (Fsp3) is 0.381. The molecule has 0 saturated heterocycles. The summed E-state index contributed by atoms with van der Waals surface area (Å²) in [5.74, 6) is 0.432. The minimum absolute atomic E-state index is 0.0275. The highest BCUT2D eigenvalue weighted by atomic mass is 19.1. The molecule has 0 aliphatic rings. The van der Waals surface area contributed by atoms with Gasteiger partial charge in [-0.25, -0.2) is 4.39 Å². The topological polar surface area (TPSA) is 65.9 Å². The Kier molecular flexibility index (Phi) is 8.58. The normalized spacial score (nSPS) is 13.7. The molecule has 2 atom stereocenters. The molecule has 0 amide bonds. The van der Waals surface area contributed by atoms with Crippen LogP contribution in [0.15, 0.2) is 59.6 Å². The average molecular weight is 373 g/mol. The number of aliphatic hydroxyl groups is 1. The highest BCUT2D eigenvalue weighted by Crippen LogP contribution is 2.17. The van der Waals surface area contributed by atoms with Crippen LogP contribution in [0.1, 0.15) is 25.3 Å². The molecule has 0 heterocycles. The third-order valence-electron chi connectivity index (χ3n) is 4.03. The number of hydrogen-bond donors (Lipinski definition) is 3. The zero-order valence-corrected chi connectivity index (χ0v) is 15.9. The Balaban J connectivity index is 1.91. The first-order chi connectivity index (χ1) is 13.1. The monoisotopic (exact) mass is 373 g/mol. The van der Waals surface area contributed by atoms with Crippen LogP contribution >= 0.6 is 0 Å². The fourth-order valence-electron chi connectivity index (χ4n) is 2.58. The first-order valence-electron chi connectivity index (χ1n) is 9.23. The number of nitrogens with zero attached hydrogens (tertiary/aromatic N) is 1. The van der Waals surface area contributed by atoms with Crippen LogP contribution in [0, 0.1) is 5.82 Å². The van der Waals surface area contributed by atoms with Gasteiger partial charge in [-0.1, -0.05) is 42.5 Å². The van der Waals surface area contributed by atoms with E-state index in [2.05, 4.69) is 15.6 Å². The Hall–Kier alpha value is -2.60. The predicted molar refractivity (Wildman–Crippen MR) is 107 cm³/mol. The number of benzene rings is 2. The molecule has 0 radical (unpaired) electrons. The third kappa shape index (κ3) is 6.90. The number of guanidine groups is 1. The highest BCUT2D eigenvalue weighted by molar-refractivity contribution is 5.79. The summed E-state index contributed by atoms with van der Waals surface area (Å²) in [5, 5.41) is 16.0. The number of aliphatic imine (C=N–C) groups is 1. The number of hydrogen-bond acceptors (Lipinski definition) is 3. The van der Waals surface area contributed by atoms with Crippen molar-refractivity contribution in [3.63, 3.8) is 0 Å². The highest BCUT2D eigenvalue weighted by Gasteiger charge is 2.11. The van der Waals surface area contributed by atoms with Crippen LogP contribution in [0.5, 0.6) is 5.75 Å². The smallest absolute Gasteiger partial charge is 0.191 e. The number of ether oxygens (including phenoxy) is 1. The number of halogens is 1. The number of para-hydroxylation sites is 1. The SMILES string of the molecule is CCNC(=NCC(CO)c1ccccc1)NCC(C)Oc1ccccc1F. The molecule has 0 aliphatic heterocycles. The van der Waals surface area contributed by atoms with Crippen LogP contribution < -0.4 is 15.4 Å². The molecule has 0 spiro atoms. The second kappa shape index (κ2) is 11.2. The zero-order chi connectivity index (χ0) is 19.5. The molecule has 0 aromatic heterocycles. The van der Waals surface area contributed by atoms with E-state index in [1.165, 1.54) is 6.07 Å². The van der Waals surface area contributed by atoms with E-state index in [1.807, 2.05) is 44.2 Å². The van der Waals surface area contributed by atoms with Crippen LogP contribution in [0.25, 0.3) is 0 Å². The maximum atomic E-state index is 13.7. The standard InChI is InChI=1S/C21H28FN3O2/c1-3-23-21(25-14-18(15-26)17-9-5-4-6-10-17)24-13-16(2)27-20-12-8-7-11-19(20)22/h4-12,16,18,26H,3,13-15H2,1-2H3,(H2,23,24,25). The lowest BCUT2D eigenvalue weighted by Gasteiger charge is -2.19. The van der Waals surface area contributed by atoms with Crippen molar-refractivity contribution in [3.05, 3.63) is 66.0 Å². The van der Waals surface area contributed by atoms with Crippen molar-refractivity contribution in [2.45, 2.75) is 25.9 Å². The van der Waals surface area contributed by atoms with Gasteiger partial charge in [-0.3, -0.25) is 4.99 Å². The molecule has 0 fully saturated rings. The molecule has 0 aliphatic carbocycles. The van der Waals surface area contributed by atoms with Gasteiger partial charge in [0.1, 0.15) is 6.10 Å². The van der Waals surface area contributed by atoms with E-state index < -0.39 is 0 Å². The van der Waals surface area contributed by atoms with Crippen molar-refractivity contribution in [2.24, 2.45) is 4.99 Å². The first-order valence-corrected chi connectivity index (χ1v) is 9.23. The van der Waals surface area contributed by atoms with Gasteiger partial charge in [-0.05, 0) is 31.5 Å². The average Bonchev–Trinajstić information content (AvgIpc) is 2.69. The Labute approximate surface area is 160 Å². The van der Waals surface area contributed by atoms with E-state index in [0.717, 1.165) is 5.56 Å². The lowest BCUT2D eigenvalue weighted by Crippen LogP contribution is -2.42. The third-order valence-corrected chi connectivity index (χ3v) is 4.03. The van der Waals surface area contributed by atoms with E-state index in [-0.39, 0.29) is 30.2 Å². The molecule has 2 unspecified atom stereocenters. The van der Waals surface area contributed by atoms with Crippen LogP contribution in [0.4, 0.5) is 4.39 Å². The summed E-state index contributed by atoms with van der Waals surface area (Å²) < 4.78 is 19.3. The van der Waals surface area contributed by atoms with Gasteiger partial charge in [0.2, 0.25) is 0 Å². The molecular formula is C21H28FN3O2. The number of rotatable bonds is 9. The van der Waals surface area contributed by atoms with Crippen molar-refractivity contribution >= 4 is 5.96 Å². The van der Waals surface area contributed by atoms with E-state index in [0.29, 0.717) is 25.6 Å². The second-order valence-corrected chi connectivity index (χ2v) is 6.25. The molecule has 2 aromatic rings. The summed E-state index contributed by atoms with van der Waals surface area (Å²) in [6.07, 6.45) is -0.242. The summed E-state index contributed by atoms with van der Waals surface area (Å²) in [4.78, 5) is 4.56. The summed E-state index contributed by atoms with van der Waals surface area (Å²) in [5.41, 5.74) is 1.05.